The maximum absolute atomic E-state index is 12.9. The summed E-state index contributed by atoms with van der Waals surface area (Å²) >= 11 is 0.811. The first kappa shape index (κ1) is 28.8. The number of fused-ring (bicyclic) bond motifs is 1. The van der Waals surface area contributed by atoms with Crippen molar-refractivity contribution in [1.82, 2.24) is 10.2 Å². The van der Waals surface area contributed by atoms with E-state index in [-0.39, 0.29) is 27.6 Å². The van der Waals surface area contributed by atoms with Gasteiger partial charge in [-0.3, -0.25) is 4.72 Å². The molecule has 3 rings (SSSR count). The van der Waals surface area contributed by atoms with Crippen molar-refractivity contribution in [3.63, 3.8) is 0 Å². The number of sulfonamides is 1. The summed E-state index contributed by atoms with van der Waals surface area (Å²) in [5.74, 6) is -2.73. The van der Waals surface area contributed by atoms with Gasteiger partial charge >= 0.3 is 12.1 Å². The minimum absolute atomic E-state index is 0.0103. The van der Waals surface area contributed by atoms with Crippen LogP contribution in [0.2, 0.25) is 0 Å². The molecular weight excluding hydrogens is 533 g/mol. The van der Waals surface area contributed by atoms with E-state index in [4.69, 9.17) is 4.74 Å². The zero-order valence-corrected chi connectivity index (χ0v) is 22.7. The molecular formula is C22H29F3N6O4S2. The van der Waals surface area contributed by atoms with Crippen molar-refractivity contribution in [2.45, 2.75) is 71.7 Å². The predicted octanol–water partition coefficient (Wildman–Crippen LogP) is 5.76. The predicted molar refractivity (Wildman–Crippen MR) is 135 cm³/mol. The number of rotatable bonds is 8. The van der Waals surface area contributed by atoms with Crippen LogP contribution in [0.3, 0.4) is 0 Å². The monoisotopic (exact) mass is 562 g/mol. The lowest BCUT2D eigenvalue weighted by molar-refractivity contribution is -0.106. The number of azo groups is 1. The number of anilines is 2. The third kappa shape index (κ3) is 8.09. The number of carbonyl (C=O) groups excluding carboxylic acids is 1. The summed E-state index contributed by atoms with van der Waals surface area (Å²) in [6, 6.07) is 3.27. The van der Waals surface area contributed by atoms with Gasteiger partial charge in [0, 0.05) is 18.3 Å². The van der Waals surface area contributed by atoms with Crippen LogP contribution in [0.1, 0.15) is 62.8 Å². The van der Waals surface area contributed by atoms with Crippen molar-refractivity contribution in [3.8, 4) is 0 Å². The lowest BCUT2D eigenvalue weighted by atomic mass is 9.95. The SMILES string of the molecule is CCCN1c2cc(NS(=O)(=O)CC(F)(F)F)c(N=Nc3nnc(C(=O)OC(C)(C)C)s3)cc2CCC1C. The Morgan fingerprint density at radius 3 is 2.57 bits per heavy atom. The molecule has 1 atom stereocenters. The molecule has 1 aliphatic heterocycles. The lowest BCUT2D eigenvalue weighted by Crippen LogP contribution is -2.38. The smallest absolute Gasteiger partial charge is 0.404 e. The highest BCUT2D eigenvalue weighted by Gasteiger charge is 2.36. The maximum Gasteiger partial charge on any atom is 0.404 e. The van der Waals surface area contributed by atoms with E-state index in [0.29, 0.717) is 13.0 Å². The second-order valence-electron chi connectivity index (χ2n) is 9.65. The van der Waals surface area contributed by atoms with E-state index in [1.165, 1.54) is 6.07 Å². The summed E-state index contributed by atoms with van der Waals surface area (Å²) < 4.78 is 70.4. The fraction of sp³-hybridized carbons (Fsp3) is 0.591. The van der Waals surface area contributed by atoms with E-state index >= 15 is 0 Å². The molecule has 0 fully saturated rings. The Labute approximate surface area is 217 Å². The Balaban J connectivity index is 1.98. The zero-order chi connectivity index (χ0) is 27.6. The van der Waals surface area contributed by atoms with Gasteiger partial charge in [0.15, 0.2) is 5.75 Å². The van der Waals surface area contributed by atoms with Gasteiger partial charge in [0.2, 0.25) is 15.0 Å². The highest BCUT2D eigenvalue weighted by molar-refractivity contribution is 7.92. The molecule has 10 nitrogen and oxygen atoms in total. The van der Waals surface area contributed by atoms with Crippen LogP contribution in [0.4, 0.5) is 35.4 Å². The Bertz CT molecular complexity index is 1270. The molecule has 1 unspecified atom stereocenters. The molecule has 2 aromatic rings. The fourth-order valence-corrected chi connectivity index (χ4v) is 5.31. The van der Waals surface area contributed by atoms with E-state index in [1.807, 2.05) is 18.6 Å². The molecule has 1 aliphatic rings. The van der Waals surface area contributed by atoms with Gasteiger partial charge in [0.05, 0.1) is 5.69 Å². The number of ether oxygens (including phenoxy) is 1. The number of carbonyl (C=O) groups is 1. The Morgan fingerprint density at radius 2 is 1.95 bits per heavy atom. The molecule has 0 saturated heterocycles. The lowest BCUT2D eigenvalue weighted by Gasteiger charge is -2.37. The number of hydrogen-bond acceptors (Lipinski definition) is 10. The number of halogens is 3. The molecule has 0 spiro atoms. The Morgan fingerprint density at radius 1 is 1.24 bits per heavy atom. The molecule has 1 aromatic heterocycles. The third-order valence-corrected chi connectivity index (χ3v) is 7.21. The molecule has 204 valence electrons. The van der Waals surface area contributed by atoms with Crippen LogP contribution >= 0.6 is 11.3 Å². The number of aryl methyl sites for hydroxylation is 1. The van der Waals surface area contributed by atoms with Gasteiger partial charge in [-0.2, -0.15) is 13.2 Å². The topological polar surface area (TPSA) is 126 Å². The first-order valence-electron chi connectivity index (χ1n) is 11.6. The van der Waals surface area contributed by atoms with Crippen LogP contribution < -0.4 is 9.62 Å². The van der Waals surface area contributed by atoms with Crippen LogP contribution in [0, 0.1) is 0 Å². The van der Waals surface area contributed by atoms with Crippen LogP contribution in [0.15, 0.2) is 22.4 Å². The second-order valence-corrected chi connectivity index (χ2v) is 12.3. The average Bonchev–Trinajstić information content (AvgIpc) is 3.21. The van der Waals surface area contributed by atoms with E-state index < -0.39 is 33.5 Å². The number of nitrogens with zero attached hydrogens (tertiary/aromatic N) is 5. The number of benzene rings is 1. The highest BCUT2D eigenvalue weighted by Crippen LogP contribution is 2.40. The van der Waals surface area contributed by atoms with Gasteiger partial charge in [-0.15, -0.1) is 20.4 Å². The average molecular weight is 563 g/mol. The van der Waals surface area contributed by atoms with Gasteiger partial charge in [-0.25, -0.2) is 13.2 Å². The van der Waals surface area contributed by atoms with Gasteiger partial charge in [0.1, 0.15) is 11.3 Å². The summed E-state index contributed by atoms with van der Waals surface area (Å²) in [6.07, 6.45) is -2.57. The van der Waals surface area contributed by atoms with Crippen molar-refractivity contribution in [1.29, 1.82) is 0 Å². The Hall–Kier alpha value is -2.81. The summed E-state index contributed by atoms with van der Waals surface area (Å²) in [5.41, 5.74) is 0.737. The molecule has 15 heteroatoms. The molecule has 2 heterocycles. The molecule has 1 aromatic carbocycles. The van der Waals surface area contributed by atoms with Gasteiger partial charge in [-0.05, 0) is 64.7 Å². The van der Waals surface area contributed by atoms with Crippen molar-refractivity contribution in [2.75, 3.05) is 21.9 Å². The molecule has 0 saturated carbocycles. The number of esters is 1. The minimum atomic E-state index is -4.92. The number of hydrogen-bond donors (Lipinski definition) is 1. The second kappa shape index (κ2) is 10.9. The van der Waals surface area contributed by atoms with E-state index in [1.54, 1.807) is 26.8 Å². The normalized spacial score (nSPS) is 16.6. The van der Waals surface area contributed by atoms with Crippen molar-refractivity contribution in [3.05, 3.63) is 22.7 Å². The summed E-state index contributed by atoms with van der Waals surface area (Å²) in [4.78, 5) is 14.3. The summed E-state index contributed by atoms with van der Waals surface area (Å²) in [7, 11) is -4.77. The number of aromatic nitrogens is 2. The van der Waals surface area contributed by atoms with Crippen molar-refractivity contribution >= 4 is 49.5 Å². The molecule has 0 aliphatic carbocycles. The van der Waals surface area contributed by atoms with E-state index in [9.17, 15) is 26.4 Å². The zero-order valence-electron chi connectivity index (χ0n) is 21.1. The number of alkyl halides is 3. The van der Waals surface area contributed by atoms with Crippen LogP contribution in [0.25, 0.3) is 0 Å². The standard InChI is InChI=1S/C22H29F3N6O4S2/c1-6-9-31-13(2)7-8-14-10-15(16(11-17(14)31)30-37(33,34)12-22(23,24)25)26-28-20-29-27-18(36-20)19(32)35-21(3,4)5/h10-11,13,30H,6-9,12H2,1-5H3. The van der Waals surface area contributed by atoms with E-state index in [2.05, 4.69) is 25.3 Å². The molecule has 37 heavy (non-hydrogen) atoms. The van der Waals surface area contributed by atoms with Gasteiger partial charge in [0.25, 0.3) is 5.13 Å². The largest absolute Gasteiger partial charge is 0.455 e. The maximum atomic E-state index is 12.9. The summed E-state index contributed by atoms with van der Waals surface area (Å²) in [6.45, 7) is 9.84. The first-order chi connectivity index (χ1) is 17.1. The highest BCUT2D eigenvalue weighted by atomic mass is 32.2. The molecule has 0 bridgehead atoms. The van der Waals surface area contributed by atoms with Crippen LogP contribution in [-0.4, -0.2) is 54.7 Å². The van der Waals surface area contributed by atoms with Crippen molar-refractivity contribution < 1.29 is 31.1 Å². The molecule has 1 N–H and O–H groups in total. The van der Waals surface area contributed by atoms with Crippen molar-refractivity contribution in [2.24, 2.45) is 10.2 Å². The first-order valence-corrected chi connectivity index (χ1v) is 14.0. The minimum Gasteiger partial charge on any atom is -0.455 e. The van der Waals surface area contributed by atoms with Crippen LogP contribution in [0.5, 0.6) is 0 Å². The number of nitrogens with one attached hydrogen (secondary N) is 1. The van der Waals surface area contributed by atoms with Crippen LogP contribution in [-0.2, 0) is 21.2 Å². The molecule has 0 amide bonds. The Kier molecular flexibility index (Phi) is 8.47. The molecule has 0 radical (unpaired) electrons. The van der Waals surface area contributed by atoms with E-state index in [0.717, 1.165) is 35.4 Å². The third-order valence-electron chi connectivity index (χ3n) is 5.18. The summed E-state index contributed by atoms with van der Waals surface area (Å²) in [5, 5.41) is 15.5. The quantitative estimate of drug-likeness (QED) is 0.320. The fourth-order valence-electron chi connectivity index (χ4n) is 3.77. The van der Waals surface area contributed by atoms with Gasteiger partial charge in [-0.1, -0.05) is 18.3 Å². The van der Waals surface area contributed by atoms with Gasteiger partial charge < -0.3 is 9.64 Å².